The van der Waals surface area contributed by atoms with Crippen molar-refractivity contribution in [3.63, 3.8) is 0 Å². The van der Waals surface area contributed by atoms with Gasteiger partial charge in [0, 0.05) is 0 Å². The van der Waals surface area contributed by atoms with E-state index in [-0.39, 0.29) is 12.4 Å². The Morgan fingerprint density at radius 3 is 3.05 bits per heavy atom. The first-order valence-electron chi connectivity index (χ1n) is 5.43. The van der Waals surface area contributed by atoms with Gasteiger partial charge in [0.1, 0.15) is 5.76 Å². The highest BCUT2D eigenvalue weighted by Gasteiger charge is 2.04. The van der Waals surface area contributed by atoms with Crippen molar-refractivity contribution < 1.29 is 9.21 Å². The number of aromatic nitrogens is 3. The minimum atomic E-state index is -0.729. The van der Waals surface area contributed by atoms with E-state index in [2.05, 4.69) is 20.9 Å². The summed E-state index contributed by atoms with van der Waals surface area (Å²) < 4.78 is 4.97. The van der Waals surface area contributed by atoms with Crippen LogP contribution in [0.3, 0.4) is 0 Å². The summed E-state index contributed by atoms with van der Waals surface area (Å²) in [6, 6.07) is 3.34. The van der Waals surface area contributed by atoms with Crippen LogP contribution in [0, 0.1) is 0 Å². The van der Waals surface area contributed by atoms with Gasteiger partial charge in [0.05, 0.1) is 19.0 Å². The summed E-state index contributed by atoms with van der Waals surface area (Å²) >= 11 is 0. The van der Waals surface area contributed by atoms with Gasteiger partial charge in [0.2, 0.25) is 5.82 Å². The number of aromatic amines is 2. The molecule has 2 heterocycles. The van der Waals surface area contributed by atoms with Crippen LogP contribution < -0.4 is 22.0 Å². The van der Waals surface area contributed by atoms with Gasteiger partial charge in [0.25, 0.3) is 11.5 Å². The molecule has 0 bridgehead atoms. The Bertz CT molecular complexity index is 714. The molecule has 4 N–H and O–H groups in total. The van der Waals surface area contributed by atoms with Crippen molar-refractivity contribution in [3.8, 4) is 0 Å². The third-order valence-electron chi connectivity index (χ3n) is 2.05. The largest absolute Gasteiger partial charge is 0.463 e. The molecule has 0 aliphatic carbocycles. The van der Waals surface area contributed by atoms with Crippen molar-refractivity contribution in [1.29, 1.82) is 0 Å². The van der Waals surface area contributed by atoms with E-state index >= 15 is 0 Å². The van der Waals surface area contributed by atoms with Crippen LogP contribution in [-0.4, -0.2) is 33.8 Å². The summed E-state index contributed by atoms with van der Waals surface area (Å²) in [4.78, 5) is 35.3. The Labute approximate surface area is 110 Å². The van der Waals surface area contributed by atoms with Crippen LogP contribution in [0.15, 0.2) is 37.5 Å². The van der Waals surface area contributed by atoms with Gasteiger partial charge in [-0.3, -0.25) is 14.6 Å². The fourth-order valence-electron chi connectivity index (χ4n) is 1.20. The van der Waals surface area contributed by atoms with Crippen molar-refractivity contribution in [3.05, 3.63) is 45.0 Å². The van der Waals surface area contributed by atoms with Gasteiger partial charge >= 0.3 is 5.69 Å². The molecular weight excluding hydrogens is 268 g/mol. The Morgan fingerprint density at radius 2 is 2.35 bits per heavy atom. The van der Waals surface area contributed by atoms with E-state index in [4.69, 9.17) is 4.42 Å². The maximum absolute atomic E-state index is 11.4. The number of hydrogen-bond acceptors (Lipinski definition) is 7. The van der Waals surface area contributed by atoms with E-state index in [1.165, 1.54) is 12.5 Å². The normalized spacial score (nSPS) is 10.6. The fourth-order valence-corrected chi connectivity index (χ4v) is 1.20. The first kappa shape index (κ1) is 13.3. The Balaban J connectivity index is 1.83. The molecule has 0 spiro atoms. The molecule has 0 unspecified atom stereocenters. The fraction of sp³-hybridized carbons (Fsp3) is 0.100. The molecule has 0 atom stereocenters. The lowest BCUT2D eigenvalue weighted by atomic mass is 10.5. The van der Waals surface area contributed by atoms with Crippen LogP contribution in [0.25, 0.3) is 0 Å². The summed E-state index contributed by atoms with van der Waals surface area (Å²) in [5.74, 6) is -0.188. The van der Waals surface area contributed by atoms with Crippen molar-refractivity contribution in [2.75, 3.05) is 11.9 Å². The van der Waals surface area contributed by atoms with Crippen LogP contribution in [-0.2, 0) is 4.79 Å². The predicted molar refractivity (Wildman–Crippen MR) is 68.4 cm³/mol. The number of carbonyl (C=O) groups is 1. The van der Waals surface area contributed by atoms with Crippen LogP contribution in [0.1, 0.15) is 5.76 Å². The second-order valence-electron chi connectivity index (χ2n) is 3.52. The van der Waals surface area contributed by atoms with Gasteiger partial charge in [-0.15, -0.1) is 5.10 Å². The number of furan rings is 1. The summed E-state index contributed by atoms with van der Waals surface area (Å²) in [7, 11) is 0. The van der Waals surface area contributed by atoms with Crippen LogP contribution in [0.4, 0.5) is 5.82 Å². The van der Waals surface area contributed by atoms with Gasteiger partial charge in [-0.2, -0.15) is 5.10 Å². The number of carbonyl (C=O) groups excluding carboxylic acids is 1. The zero-order valence-corrected chi connectivity index (χ0v) is 10.0. The van der Waals surface area contributed by atoms with Crippen molar-refractivity contribution in [1.82, 2.24) is 20.6 Å². The number of hydrazone groups is 1. The Kier molecular flexibility index (Phi) is 4.07. The average Bonchev–Trinajstić information content (AvgIpc) is 2.91. The third-order valence-corrected chi connectivity index (χ3v) is 2.05. The lowest BCUT2D eigenvalue weighted by molar-refractivity contribution is -0.119. The number of amides is 1. The van der Waals surface area contributed by atoms with Gasteiger partial charge in [-0.05, 0) is 12.1 Å². The van der Waals surface area contributed by atoms with Gasteiger partial charge in [-0.25, -0.2) is 15.3 Å². The lowest BCUT2D eigenvalue weighted by Crippen LogP contribution is -2.31. The smallest absolute Gasteiger partial charge is 0.342 e. The molecule has 0 aromatic carbocycles. The summed E-state index contributed by atoms with van der Waals surface area (Å²) in [5, 5.41) is 11.6. The maximum Gasteiger partial charge on any atom is 0.342 e. The van der Waals surface area contributed by atoms with Crippen molar-refractivity contribution >= 4 is 17.9 Å². The molecule has 0 aliphatic heterocycles. The highest BCUT2D eigenvalue weighted by atomic mass is 16.3. The minimum Gasteiger partial charge on any atom is -0.463 e. The van der Waals surface area contributed by atoms with Gasteiger partial charge in [0.15, 0.2) is 0 Å². The van der Waals surface area contributed by atoms with Gasteiger partial charge < -0.3 is 9.73 Å². The van der Waals surface area contributed by atoms with E-state index in [9.17, 15) is 14.4 Å². The predicted octanol–water partition coefficient (Wildman–Crippen LogP) is -1.39. The quantitative estimate of drug-likeness (QED) is 0.391. The number of anilines is 1. The SMILES string of the molecule is O=C(CNc1n[nH]c(=O)[nH]c1=O)N/N=C\c1ccco1. The van der Waals surface area contributed by atoms with Gasteiger partial charge in [-0.1, -0.05) is 0 Å². The van der Waals surface area contributed by atoms with E-state index < -0.39 is 17.2 Å². The highest BCUT2D eigenvalue weighted by Crippen LogP contribution is 1.94. The molecule has 0 radical (unpaired) electrons. The van der Waals surface area contributed by atoms with E-state index in [1.54, 1.807) is 12.1 Å². The van der Waals surface area contributed by atoms with Crippen molar-refractivity contribution in [2.45, 2.75) is 0 Å². The van der Waals surface area contributed by atoms with Crippen molar-refractivity contribution in [2.24, 2.45) is 5.10 Å². The number of rotatable bonds is 5. The van der Waals surface area contributed by atoms with Crippen LogP contribution in [0.5, 0.6) is 0 Å². The lowest BCUT2D eigenvalue weighted by Gasteiger charge is -2.01. The Morgan fingerprint density at radius 1 is 1.50 bits per heavy atom. The monoisotopic (exact) mass is 278 g/mol. The van der Waals surface area contributed by atoms with E-state index in [0.717, 1.165) is 0 Å². The highest BCUT2D eigenvalue weighted by molar-refractivity contribution is 5.82. The molecule has 10 nitrogen and oxygen atoms in total. The molecule has 1 amide bonds. The number of H-pyrrole nitrogens is 2. The number of hydrogen-bond donors (Lipinski definition) is 4. The van der Waals surface area contributed by atoms with Crippen LogP contribution >= 0.6 is 0 Å². The molecule has 2 aromatic rings. The molecule has 0 saturated carbocycles. The minimum absolute atomic E-state index is 0.172. The first-order chi connectivity index (χ1) is 9.65. The number of nitrogens with one attached hydrogen (secondary N) is 4. The first-order valence-corrected chi connectivity index (χ1v) is 5.43. The topological polar surface area (TPSA) is 145 Å². The zero-order chi connectivity index (χ0) is 14.4. The summed E-state index contributed by atoms with van der Waals surface area (Å²) in [6.07, 6.45) is 2.79. The van der Waals surface area contributed by atoms with E-state index in [0.29, 0.717) is 5.76 Å². The molecule has 2 aromatic heterocycles. The molecule has 0 saturated heterocycles. The second-order valence-corrected chi connectivity index (χ2v) is 3.52. The average molecular weight is 278 g/mol. The van der Waals surface area contributed by atoms with Crippen LogP contribution in [0.2, 0.25) is 0 Å². The molecule has 10 heteroatoms. The Hall–Kier alpha value is -3.17. The zero-order valence-electron chi connectivity index (χ0n) is 10.0. The molecular formula is C10H10N6O4. The van der Waals surface area contributed by atoms with E-state index in [1.807, 2.05) is 10.1 Å². The summed E-state index contributed by atoms with van der Waals surface area (Å²) in [5.41, 5.74) is 0.768. The standard InChI is InChI=1S/C10H10N6O4/c17-7(14-12-4-6-2-1-3-20-6)5-11-8-9(18)13-10(19)16-15-8/h1-4H,5H2,(H,11,15)(H,14,17)(H2,13,16,18,19)/b12-4-. The molecule has 2 rings (SSSR count). The molecule has 0 aliphatic rings. The molecule has 20 heavy (non-hydrogen) atoms. The summed E-state index contributed by atoms with van der Waals surface area (Å²) in [6.45, 7) is -0.238. The molecule has 104 valence electrons. The number of nitrogens with zero attached hydrogens (tertiary/aromatic N) is 2. The second kappa shape index (κ2) is 6.13. The third kappa shape index (κ3) is 3.66. The maximum atomic E-state index is 11.4. The molecule has 0 fully saturated rings.